The molecule has 1 aliphatic carbocycles. The van der Waals surface area contributed by atoms with Gasteiger partial charge in [0.1, 0.15) is 0 Å². The normalized spacial score (nSPS) is 31.3. The molecule has 0 bridgehead atoms. The van der Waals surface area contributed by atoms with Gasteiger partial charge < -0.3 is 5.32 Å². The molecule has 1 atom stereocenters. The number of nitrogens with zero attached hydrogens (tertiary/aromatic N) is 1. The maximum absolute atomic E-state index is 4.32. The fourth-order valence-electron chi connectivity index (χ4n) is 1.16. The molecule has 0 spiro atoms. The quantitative estimate of drug-likeness (QED) is 0.685. The lowest BCUT2D eigenvalue weighted by molar-refractivity contribution is 0.695. The third kappa shape index (κ3) is 1.10. The molecule has 3 heteroatoms. The van der Waals surface area contributed by atoms with Gasteiger partial charge in [0.2, 0.25) is 0 Å². The highest BCUT2D eigenvalue weighted by Crippen LogP contribution is 2.39. The van der Waals surface area contributed by atoms with Gasteiger partial charge >= 0.3 is 0 Å². The molecule has 54 valence electrons. The van der Waals surface area contributed by atoms with E-state index in [-0.39, 0.29) is 0 Å². The van der Waals surface area contributed by atoms with Crippen LogP contribution in [0, 0.1) is 5.92 Å². The Hall–Kier alpha value is -0.310. The molecule has 0 amide bonds. The average Bonchev–Trinajstić information content (AvgIpc) is 2.71. The number of rotatable bonds is 1. The van der Waals surface area contributed by atoms with Crippen molar-refractivity contribution in [1.82, 2.24) is 5.32 Å². The monoisotopic (exact) mass is 200 g/mol. The van der Waals surface area contributed by atoms with E-state index in [0.29, 0.717) is 6.04 Å². The van der Waals surface area contributed by atoms with Crippen LogP contribution in [0.1, 0.15) is 12.8 Å². The van der Waals surface area contributed by atoms with Crippen LogP contribution in [0.15, 0.2) is 15.7 Å². The van der Waals surface area contributed by atoms with Crippen molar-refractivity contribution in [3.05, 3.63) is 10.7 Å². The van der Waals surface area contributed by atoms with Gasteiger partial charge in [-0.2, -0.15) is 0 Å². The average molecular weight is 201 g/mol. The van der Waals surface area contributed by atoms with Gasteiger partial charge in [0.05, 0.1) is 12.4 Å². The van der Waals surface area contributed by atoms with Gasteiger partial charge in [-0.15, -0.1) is 0 Å². The topological polar surface area (TPSA) is 24.4 Å². The van der Waals surface area contributed by atoms with E-state index in [2.05, 4.69) is 26.2 Å². The summed E-state index contributed by atoms with van der Waals surface area (Å²) in [5, 5.41) is 2.95. The third-order valence-electron chi connectivity index (χ3n) is 1.88. The second-order valence-electron chi connectivity index (χ2n) is 2.76. The zero-order valence-corrected chi connectivity index (χ0v) is 7.13. The zero-order valence-electron chi connectivity index (χ0n) is 5.55. The third-order valence-corrected chi connectivity index (χ3v) is 2.58. The van der Waals surface area contributed by atoms with Crippen molar-refractivity contribution in [2.45, 2.75) is 18.9 Å². The Morgan fingerprint density at radius 1 is 1.60 bits per heavy atom. The van der Waals surface area contributed by atoms with Gasteiger partial charge in [-0.1, -0.05) is 15.9 Å². The van der Waals surface area contributed by atoms with Crippen LogP contribution in [-0.2, 0) is 0 Å². The Bertz CT molecular complexity index is 194. The van der Waals surface area contributed by atoms with Crippen LogP contribution in [0.3, 0.4) is 0 Å². The minimum Gasteiger partial charge on any atom is -0.352 e. The SMILES string of the molecule is BrC1=CNC=NC1C1CC1. The van der Waals surface area contributed by atoms with Crippen LogP contribution in [0.5, 0.6) is 0 Å². The second kappa shape index (κ2) is 2.38. The largest absolute Gasteiger partial charge is 0.352 e. The first kappa shape index (κ1) is 6.40. The first-order valence-corrected chi connectivity index (χ1v) is 4.30. The predicted octanol–water partition coefficient (Wildman–Crippen LogP) is 1.63. The molecule has 0 aromatic heterocycles. The maximum atomic E-state index is 4.32. The van der Waals surface area contributed by atoms with Gasteiger partial charge in [0.25, 0.3) is 0 Å². The lowest BCUT2D eigenvalue weighted by Crippen LogP contribution is -2.18. The van der Waals surface area contributed by atoms with E-state index in [0.717, 1.165) is 5.92 Å². The molecule has 1 N–H and O–H groups in total. The Morgan fingerprint density at radius 2 is 2.40 bits per heavy atom. The smallest absolute Gasteiger partial charge is 0.0873 e. The molecule has 0 radical (unpaired) electrons. The molecule has 1 aliphatic heterocycles. The number of nitrogens with one attached hydrogen (secondary N) is 1. The molecule has 2 aliphatic rings. The molecule has 1 heterocycles. The zero-order chi connectivity index (χ0) is 6.97. The Labute approximate surface area is 68.5 Å². The number of halogens is 1. The summed E-state index contributed by atoms with van der Waals surface area (Å²) in [6.07, 6.45) is 6.42. The van der Waals surface area contributed by atoms with E-state index in [4.69, 9.17) is 0 Å². The summed E-state index contributed by atoms with van der Waals surface area (Å²) in [6.45, 7) is 0. The molecule has 1 fully saturated rings. The van der Waals surface area contributed by atoms with Crippen LogP contribution in [-0.4, -0.2) is 12.4 Å². The summed E-state index contributed by atoms with van der Waals surface area (Å²) in [6, 6.07) is 0.418. The summed E-state index contributed by atoms with van der Waals surface area (Å²) in [5.74, 6) is 0.809. The minimum absolute atomic E-state index is 0.418. The van der Waals surface area contributed by atoms with Crippen LogP contribution in [0.25, 0.3) is 0 Å². The van der Waals surface area contributed by atoms with Crippen LogP contribution in [0.2, 0.25) is 0 Å². The van der Waals surface area contributed by atoms with Gasteiger partial charge in [-0.3, -0.25) is 4.99 Å². The lowest BCUT2D eigenvalue weighted by atomic mass is 10.2. The number of hydrogen-bond acceptors (Lipinski definition) is 2. The summed E-state index contributed by atoms with van der Waals surface area (Å²) in [5.41, 5.74) is 0. The van der Waals surface area contributed by atoms with Crippen molar-refractivity contribution in [3.63, 3.8) is 0 Å². The van der Waals surface area contributed by atoms with Crippen LogP contribution in [0.4, 0.5) is 0 Å². The lowest BCUT2D eigenvalue weighted by Gasteiger charge is -2.13. The molecular formula is C7H9BrN2. The van der Waals surface area contributed by atoms with Crippen molar-refractivity contribution >= 4 is 22.3 Å². The minimum atomic E-state index is 0.418. The van der Waals surface area contributed by atoms with E-state index < -0.39 is 0 Å². The van der Waals surface area contributed by atoms with Gasteiger partial charge in [-0.05, 0) is 18.8 Å². The standard InChI is InChI=1S/C7H9BrN2/c8-6-3-9-4-10-7(6)5-1-2-5/h3-5,7H,1-2H2,(H,9,10). The van der Waals surface area contributed by atoms with E-state index in [9.17, 15) is 0 Å². The molecule has 1 saturated carbocycles. The Kier molecular flexibility index (Phi) is 1.52. The molecule has 2 nitrogen and oxygen atoms in total. The second-order valence-corrected chi connectivity index (χ2v) is 3.67. The molecule has 10 heavy (non-hydrogen) atoms. The summed E-state index contributed by atoms with van der Waals surface area (Å²) in [4.78, 5) is 4.32. The van der Waals surface area contributed by atoms with Crippen molar-refractivity contribution in [3.8, 4) is 0 Å². The van der Waals surface area contributed by atoms with E-state index in [1.165, 1.54) is 17.3 Å². The molecule has 0 aromatic carbocycles. The fourth-order valence-corrected chi connectivity index (χ4v) is 1.78. The van der Waals surface area contributed by atoms with E-state index >= 15 is 0 Å². The van der Waals surface area contributed by atoms with Crippen molar-refractivity contribution < 1.29 is 0 Å². The maximum Gasteiger partial charge on any atom is 0.0873 e. The molecule has 0 aromatic rings. The summed E-state index contributed by atoms with van der Waals surface area (Å²) < 4.78 is 1.19. The molecular weight excluding hydrogens is 192 g/mol. The highest BCUT2D eigenvalue weighted by Gasteiger charge is 2.33. The summed E-state index contributed by atoms with van der Waals surface area (Å²) >= 11 is 3.48. The Balaban J connectivity index is 2.10. The number of hydrogen-bond donors (Lipinski definition) is 1. The molecule has 1 unspecified atom stereocenters. The highest BCUT2D eigenvalue weighted by molar-refractivity contribution is 9.11. The van der Waals surface area contributed by atoms with Gasteiger partial charge in [0.15, 0.2) is 0 Å². The van der Waals surface area contributed by atoms with Crippen molar-refractivity contribution in [1.29, 1.82) is 0 Å². The van der Waals surface area contributed by atoms with Gasteiger partial charge in [-0.25, -0.2) is 0 Å². The highest BCUT2D eigenvalue weighted by atomic mass is 79.9. The first-order chi connectivity index (χ1) is 4.88. The van der Waals surface area contributed by atoms with Crippen LogP contribution < -0.4 is 5.32 Å². The van der Waals surface area contributed by atoms with E-state index in [1.807, 2.05) is 6.20 Å². The van der Waals surface area contributed by atoms with Crippen molar-refractivity contribution in [2.75, 3.05) is 0 Å². The van der Waals surface area contributed by atoms with E-state index in [1.54, 1.807) is 6.34 Å². The molecule has 2 rings (SSSR count). The summed E-state index contributed by atoms with van der Waals surface area (Å²) in [7, 11) is 0. The van der Waals surface area contributed by atoms with Gasteiger partial charge in [0, 0.05) is 10.7 Å². The predicted molar refractivity (Wildman–Crippen MR) is 45.1 cm³/mol. The first-order valence-electron chi connectivity index (χ1n) is 3.51. The molecule has 0 saturated heterocycles. The Morgan fingerprint density at radius 3 is 3.00 bits per heavy atom. The number of aliphatic imine (C=N–C) groups is 1. The van der Waals surface area contributed by atoms with Crippen molar-refractivity contribution in [2.24, 2.45) is 10.9 Å². The fraction of sp³-hybridized carbons (Fsp3) is 0.571. The van der Waals surface area contributed by atoms with Crippen LogP contribution >= 0.6 is 15.9 Å².